The zero-order valence-corrected chi connectivity index (χ0v) is 14.7. The van der Waals surface area contributed by atoms with Crippen LogP contribution in [0, 0.1) is 0 Å². The normalized spacial score (nSPS) is 18.1. The Labute approximate surface area is 154 Å². The van der Waals surface area contributed by atoms with Crippen LogP contribution in [0.15, 0.2) is 0 Å². The van der Waals surface area contributed by atoms with Gasteiger partial charge in [0.2, 0.25) is 29.5 Å². The fraction of sp³-hybridized carbons (Fsp3) is 0.571. The molecule has 0 saturated carbocycles. The van der Waals surface area contributed by atoms with Gasteiger partial charge in [-0.2, -0.15) is 5.06 Å². The molecule has 0 aromatic heterocycles. The van der Waals surface area contributed by atoms with Gasteiger partial charge in [-0.3, -0.25) is 28.8 Å². The molecule has 1 saturated heterocycles. The molecular formula is C14H22N6O7. The summed E-state index contributed by atoms with van der Waals surface area (Å²) in [7, 11) is 0. The second-order valence-electron chi connectivity index (χ2n) is 5.70. The lowest BCUT2D eigenvalue weighted by molar-refractivity contribution is -0.148. The van der Waals surface area contributed by atoms with E-state index >= 15 is 0 Å². The van der Waals surface area contributed by atoms with E-state index in [4.69, 9.17) is 0 Å². The molecule has 0 spiro atoms. The summed E-state index contributed by atoms with van der Waals surface area (Å²) in [6.45, 7) is -1.73. The molecule has 1 rings (SSSR count). The molecule has 1 fully saturated rings. The van der Waals surface area contributed by atoms with Crippen molar-refractivity contribution in [3.05, 3.63) is 0 Å². The number of nitrogens with one attached hydrogen (secondary N) is 4. The Morgan fingerprint density at radius 3 is 2.19 bits per heavy atom. The SMILES string of the molecule is CC(=O)CNC(=O)CN1CNC(=O)CNC(=O)CN(O)CC(=O)NCC1=O. The van der Waals surface area contributed by atoms with Crippen molar-refractivity contribution in [3.8, 4) is 0 Å². The Morgan fingerprint density at radius 1 is 1.00 bits per heavy atom. The maximum Gasteiger partial charge on any atom is 0.243 e. The fourth-order valence-electron chi connectivity index (χ4n) is 1.89. The van der Waals surface area contributed by atoms with Crippen LogP contribution in [0.1, 0.15) is 6.92 Å². The van der Waals surface area contributed by atoms with Gasteiger partial charge in [-0.25, -0.2) is 0 Å². The smallest absolute Gasteiger partial charge is 0.243 e. The molecule has 1 aliphatic heterocycles. The molecule has 5 N–H and O–H groups in total. The van der Waals surface area contributed by atoms with Gasteiger partial charge in [-0.05, 0) is 6.92 Å². The average molecular weight is 386 g/mol. The predicted octanol–water partition coefficient (Wildman–Crippen LogP) is -4.47. The Morgan fingerprint density at radius 2 is 1.59 bits per heavy atom. The minimum Gasteiger partial charge on any atom is -0.347 e. The molecule has 150 valence electrons. The molecule has 0 aromatic rings. The molecule has 13 nitrogen and oxygen atoms in total. The van der Waals surface area contributed by atoms with Crippen molar-refractivity contribution in [1.82, 2.24) is 31.2 Å². The van der Waals surface area contributed by atoms with Crippen LogP contribution in [0.5, 0.6) is 0 Å². The third-order valence-corrected chi connectivity index (χ3v) is 3.22. The standard InChI is InChI=1S/C14H22N6O7/c1-9(21)2-15-11(23)5-19-8-18-10(22)3-16-12(24)6-20(27)7-13(25)17-4-14(19)26/h27H,2-8H2,1H3,(H,15,23)(H,16,24)(H,17,25)(H,18,22). The maximum absolute atomic E-state index is 12.2. The maximum atomic E-state index is 12.2. The molecule has 1 aliphatic rings. The minimum atomic E-state index is -0.722. The monoisotopic (exact) mass is 386 g/mol. The molecule has 0 aliphatic carbocycles. The Hall–Kier alpha value is -3.06. The van der Waals surface area contributed by atoms with Gasteiger partial charge in [-0.15, -0.1) is 0 Å². The second kappa shape index (κ2) is 10.8. The van der Waals surface area contributed by atoms with Crippen molar-refractivity contribution in [2.24, 2.45) is 0 Å². The van der Waals surface area contributed by atoms with Crippen LogP contribution in [0.25, 0.3) is 0 Å². The lowest BCUT2D eigenvalue weighted by atomic mass is 10.4. The number of ketones is 1. The van der Waals surface area contributed by atoms with Crippen molar-refractivity contribution in [1.29, 1.82) is 0 Å². The average Bonchev–Trinajstić information content (AvgIpc) is 2.58. The first-order valence-electron chi connectivity index (χ1n) is 7.95. The fourth-order valence-corrected chi connectivity index (χ4v) is 1.89. The van der Waals surface area contributed by atoms with Crippen LogP contribution < -0.4 is 21.3 Å². The van der Waals surface area contributed by atoms with Gasteiger partial charge in [-0.1, -0.05) is 0 Å². The number of amides is 5. The van der Waals surface area contributed by atoms with Crippen LogP contribution in [0.2, 0.25) is 0 Å². The van der Waals surface area contributed by atoms with E-state index in [1.54, 1.807) is 0 Å². The summed E-state index contributed by atoms with van der Waals surface area (Å²) in [6, 6.07) is 0. The molecule has 5 amide bonds. The van der Waals surface area contributed by atoms with E-state index in [-0.39, 0.29) is 19.0 Å². The Kier molecular flexibility index (Phi) is 8.81. The van der Waals surface area contributed by atoms with Crippen LogP contribution in [-0.4, -0.2) is 96.4 Å². The first-order valence-corrected chi connectivity index (χ1v) is 7.95. The highest BCUT2D eigenvalue weighted by atomic mass is 16.5. The van der Waals surface area contributed by atoms with E-state index in [9.17, 15) is 34.0 Å². The van der Waals surface area contributed by atoms with Gasteiger partial charge < -0.3 is 31.4 Å². The van der Waals surface area contributed by atoms with Crippen LogP contribution in [0.4, 0.5) is 0 Å². The van der Waals surface area contributed by atoms with Crippen molar-refractivity contribution < 1.29 is 34.0 Å². The Bertz CT molecular complexity index is 623. The van der Waals surface area contributed by atoms with Crippen molar-refractivity contribution in [3.63, 3.8) is 0 Å². The van der Waals surface area contributed by atoms with Gasteiger partial charge in [0.05, 0.1) is 26.3 Å². The molecule has 0 bridgehead atoms. The number of Topliss-reactive ketones (excluding diaryl/α,β-unsaturated/α-hetero) is 1. The first-order chi connectivity index (χ1) is 12.7. The van der Waals surface area contributed by atoms with E-state index < -0.39 is 62.3 Å². The highest BCUT2D eigenvalue weighted by Gasteiger charge is 2.21. The van der Waals surface area contributed by atoms with E-state index in [1.807, 2.05) is 0 Å². The quantitative estimate of drug-likeness (QED) is 0.321. The first kappa shape index (κ1) is 22.0. The van der Waals surface area contributed by atoms with Gasteiger partial charge in [0.1, 0.15) is 25.4 Å². The second-order valence-corrected chi connectivity index (χ2v) is 5.70. The summed E-state index contributed by atoms with van der Waals surface area (Å²) in [5.41, 5.74) is 0. The van der Waals surface area contributed by atoms with Crippen molar-refractivity contribution in [2.45, 2.75) is 6.92 Å². The molecule has 27 heavy (non-hydrogen) atoms. The number of nitrogens with zero attached hydrogens (tertiary/aromatic N) is 2. The highest BCUT2D eigenvalue weighted by Crippen LogP contribution is 1.90. The molecule has 0 aromatic carbocycles. The van der Waals surface area contributed by atoms with E-state index in [0.717, 1.165) is 4.90 Å². The number of carbonyl (C=O) groups excluding carboxylic acids is 6. The molecule has 0 atom stereocenters. The summed E-state index contributed by atoms with van der Waals surface area (Å²) in [5.74, 6) is -3.62. The largest absolute Gasteiger partial charge is 0.347 e. The van der Waals surface area contributed by atoms with Gasteiger partial charge in [0.15, 0.2) is 0 Å². The summed E-state index contributed by atoms with van der Waals surface area (Å²) >= 11 is 0. The third-order valence-electron chi connectivity index (χ3n) is 3.22. The van der Waals surface area contributed by atoms with Gasteiger partial charge in [0.25, 0.3) is 0 Å². The highest BCUT2D eigenvalue weighted by molar-refractivity contribution is 5.91. The lowest BCUT2D eigenvalue weighted by Gasteiger charge is -2.23. The molecular weight excluding hydrogens is 364 g/mol. The summed E-state index contributed by atoms with van der Waals surface area (Å²) < 4.78 is 0. The Balaban J connectivity index is 2.77. The van der Waals surface area contributed by atoms with Gasteiger partial charge in [0, 0.05) is 0 Å². The van der Waals surface area contributed by atoms with E-state index in [0.29, 0.717) is 5.06 Å². The molecule has 0 radical (unpaired) electrons. The lowest BCUT2D eigenvalue weighted by Crippen LogP contribution is -2.52. The van der Waals surface area contributed by atoms with Gasteiger partial charge >= 0.3 is 0 Å². The summed E-state index contributed by atoms with van der Waals surface area (Å²) in [4.78, 5) is 70.8. The van der Waals surface area contributed by atoms with Crippen LogP contribution in [-0.2, 0) is 28.8 Å². The topological polar surface area (TPSA) is 177 Å². The van der Waals surface area contributed by atoms with E-state index in [2.05, 4.69) is 21.3 Å². The summed E-state index contributed by atoms with van der Waals surface area (Å²) in [5, 5.41) is 19.0. The number of hydroxylamine groups is 2. The number of carbonyl (C=O) groups is 6. The van der Waals surface area contributed by atoms with Crippen LogP contribution >= 0.6 is 0 Å². The van der Waals surface area contributed by atoms with E-state index in [1.165, 1.54) is 6.92 Å². The van der Waals surface area contributed by atoms with Crippen LogP contribution in [0.3, 0.4) is 0 Å². The number of rotatable bonds is 4. The number of hydrogen-bond donors (Lipinski definition) is 5. The molecule has 0 unspecified atom stereocenters. The zero-order chi connectivity index (χ0) is 20.4. The zero-order valence-electron chi connectivity index (χ0n) is 14.7. The predicted molar refractivity (Wildman–Crippen MR) is 87.8 cm³/mol. The molecule has 13 heteroatoms. The third kappa shape index (κ3) is 9.27. The number of hydrogen-bond acceptors (Lipinski definition) is 8. The minimum absolute atomic E-state index is 0.206. The van der Waals surface area contributed by atoms with Crippen molar-refractivity contribution in [2.75, 3.05) is 45.9 Å². The summed E-state index contributed by atoms with van der Waals surface area (Å²) in [6.07, 6.45) is 0. The van der Waals surface area contributed by atoms with Crippen molar-refractivity contribution >= 4 is 35.3 Å². The molecule has 1 heterocycles.